The number of benzene rings is 2. The zero-order valence-corrected chi connectivity index (χ0v) is 18.2. The molecular weight excluding hydrogens is 493 g/mol. The van der Waals surface area contributed by atoms with E-state index in [2.05, 4.69) is 15.2 Å². The van der Waals surface area contributed by atoms with Crippen LogP contribution in [0.25, 0.3) is 17.1 Å². The number of nitrogens with zero attached hydrogens (tertiary/aromatic N) is 6. The molecule has 0 aliphatic heterocycles. The number of carboxylic acid groups (broad SMARTS) is 1. The summed E-state index contributed by atoms with van der Waals surface area (Å²) in [6.45, 7) is -1.62. The van der Waals surface area contributed by atoms with Crippen molar-refractivity contribution in [2.75, 3.05) is 0 Å². The Morgan fingerprint density at radius 1 is 1.03 bits per heavy atom. The van der Waals surface area contributed by atoms with Gasteiger partial charge in [-0.2, -0.15) is 13.2 Å². The Bertz CT molecular complexity index is 1470. The fraction of sp³-hybridized carbons (Fsp3) is 0.143. The minimum atomic E-state index is -5.14. The number of rotatable bonds is 7. The molecule has 0 aliphatic carbocycles. The molecule has 4 rings (SSSR count). The molecule has 0 unspecified atom stereocenters. The van der Waals surface area contributed by atoms with Crippen LogP contribution < -0.4 is 5.69 Å². The molecule has 2 aromatic carbocycles. The van der Waals surface area contributed by atoms with Crippen molar-refractivity contribution in [2.45, 2.75) is 19.3 Å². The van der Waals surface area contributed by atoms with Crippen molar-refractivity contribution in [1.82, 2.24) is 29.1 Å². The summed E-state index contributed by atoms with van der Waals surface area (Å²) in [5.41, 5.74) is -0.556. The molecule has 0 saturated carbocycles. The summed E-state index contributed by atoms with van der Waals surface area (Å²) < 4.78 is 41.3. The number of hydrogen-bond donors (Lipinski definition) is 1. The topological polar surface area (TPSA) is 125 Å². The van der Waals surface area contributed by atoms with E-state index in [0.29, 0.717) is 9.59 Å². The number of halogens is 4. The summed E-state index contributed by atoms with van der Waals surface area (Å²) >= 11 is 5.86. The molecule has 2 aromatic heterocycles. The lowest BCUT2D eigenvalue weighted by Gasteiger charge is -2.07. The van der Waals surface area contributed by atoms with Crippen molar-refractivity contribution in [3.05, 3.63) is 81.8 Å². The van der Waals surface area contributed by atoms with Crippen molar-refractivity contribution in [3.8, 4) is 17.1 Å². The number of carbonyl (C=O) groups is 2. The lowest BCUT2D eigenvalue weighted by atomic mass is 10.2. The van der Waals surface area contributed by atoms with Gasteiger partial charge in [0.2, 0.25) is 0 Å². The molecule has 35 heavy (non-hydrogen) atoms. The Hall–Kier alpha value is -4.26. The smallest absolute Gasteiger partial charge is 0.451 e. The lowest BCUT2D eigenvalue weighted by Crippen LogP contribution is -2.33. The van der Waals surface area contributed by atoms with E-state index in [9.17, 15) is 32.7 Å². The Kier molecular flexibility index (Phi) is 6.26. The molecule has 0 radical (unpaired) electrons. The molecule has 10 nitrogen and oxygen atoms in total. The van der Waals surface area contributed by atoms with E-state index in [-0.39, 0.29) is 35.0 Å². The minimum absolute atomic E-state index is 0.0294. The van der Waals surface area contributed by atoms with E-state index in [0.717, 1.165) is 4.68 Å². The second kappa shape index (κ2) is 9.18. The number of aromatic nitrogens is 6. The van der Waals surface area contributed by atoms with Gasteiger partial charge in [0, 0.05) is 10.6 Å². The Morgan fingerprint density at radius 2 is 1.71 bits per heavy atom. The molecule has 0 atom stereocenters. The van der Waals surface area contributed by atoms with Gasteiger partial charge in [-0.25, -0.2) is 23.9 Å². The number of alkyl halides is 3. The average Bonchev–Trinajstić information content (AvgIpc) is 3.39. The number of carboxylic acids is 1. The van der Waals surface area contributed by atoms with Crippen molar-refractivity contribution in [3.63, 3.8) is 0 Å². The van der Waals surface area contributed by atoms with Gasteiger partial charge in [0.1, 0.15) is 12.9 Å². The monoisotopic (exact) mass is 506 g/mol. The second-order valence-corrected chi connectivity index (χ2v) is 7.64. The zero-order chi connectivity index (χ0) is 25.3. The fourth-order valence-electron chi connectivity index (χ4n) is 3.21. The van der Waals surface area contributed by atoms with E-state index >= 15 is 0 Å². The van der Waals surface area contributed by atoms with Crippen molar-refractivity contribution >= 4 is 23.4 Å². The molecule has 2 heterocycles. The quantitative estimate of drug-likeness (QED) is 0.408. The lowest BCUT2D eigenvalue weighted by molar-refractivity contribution is -0.171. The number of Topliss-reactive ketones (excluding diaryl/α,β-unsaturated/α-hetero) is 1. The van der Waals surface area contributed by atoms with Crippen molar-refractivity contribution < 1.29 is 27.9 Å². The molecule has 0 amide bonds. The highest BCUT2D eigenvalue weighted by Crippen LogP contribution is 2.22. The number of para-hydroxylation sites is 1. The molecule has 0 aliphatic rings. The summed E-state index contributed by atoms with van der Waals surface area (Å²) in [4.78, 5) is 40.0. The first-order chi connectivity index (χ1) is 16.5. The molecule has 0 saturated heterocycles. The van der Waals surface area contributed by atoms with Gasteiger partial charge in [-0.05, 0) is 36.4 Å². The van der Waals surface area contributed by atoms with Gasteiger partial charge in [-0.15, -0.1) is 10.2 Å². The fourth-order valence-corrected chi connectivity index (χ4v) is 3.33. The summed E-state index contributed by atoms with van der Waals surface area (Å²) in [6, 6.07) is 11.8. The summed E-state index contributed by atoms with van der Waals surface area (Å²) in [5, 5.41) is 18.0. The molecule has 0 fully saturated rings. The van der Waals surface area contributed by atoms with Gasteiger partial charge in [-0.1, -0.05) is 23.7 Å². The molecule has 180 valence electrons. The zero-order valence-electron chi connectivity index (χ0n) is 17.5. The largest absolute Gasteiger partial charge is 0.478 e. The summed E-state index contributed by atoms with van der Waals surface area (Å²) in [5.74, 6) is -3.46. The van der Waals surface area contributed by atoms with Crippen LogP contribution in [-0.2, 0) is 17.9 Å². The Labute approximate surface area is 198 Å². The van der Waals surface area contributed by atoms with Crippen molar-refractivity contribution in [1.29, 1.82) is 0 Å². The highest BCUT2D eigenvalue weighted by atomic mass is 35.5. The Balaban J connectivity index is 1.72. The van der Waals surface area contributed by atoms with Gasteiger partial charge < -0.3 is 5.11 Å². The van der Waals surface area contributed by atoms with Crippen LogP contribution in [0, 0.1) is 0 Å². The Morgan fingerprint density at radius 3 is 2.37 bits per heavy atom. The van der Waals surface area contributed by atoms with Gasteiger partial charge in [0.05, 0.1) is 17.8 Å². The SMILES string of the molecule is O=C(O)c1ccccc1-n1cnc(Cn2nc(-c3ccc(Cl)cc3)n(CC(=O)C(F)(F)F)c2=O)n1. The van der Waals surface area contributed by atoms with E-state index < -0.39 is 30.2 Å². The van der Waals surface area contributed by atoms with Crippen LogP contribution in [0.4, 0.5) is 13.2 Å². The summed E-state index contributed by atoms with van der Waals surface area (Å²) in [6.07, 6.45) is -3.91. The number of ketones is 1. The predicted octanol–water partition coefficient (Wildman–Crippen LogP) is 2.82. The number of carbonyl (C=O) groups excluding carboxylic acids is 1. The van der Waals surface area contributed by atoms with Crippen LogP contribution in [0.3, 0.4) is 0 Å². The normalized spacial score (nSPS) is 11.5. The third-order valence-corrected chi connectivity index (χ3v) is 5.11. The standard InChI is InChI=1S/C21H14ClF3N6O4/c22-13-7-5-12(6-8-13)18-28-30(20(35)29(18)9-16(32)21(23,24)25)10-17-26-11-31(27-17)15-4-2-1-3-14(15)19(33)34/h1-8,11H,9-10H2,(H,33,34). The molecule has 14 heteroatoms. The van der Waals surface area contributed by atoms with Gasteiger partial charge >= 0.3 is 17.8 Å². The maximum Gasteiger partial charge on any atom is 0.451 e. The van der Waals surface area contributed by atoms with Crippen LogP contribution >= 0.6 is 11.6 Å². The van der Waals surface area contributed by atoms with Crippen molar-refractivity contribution in [2.24, 2.45) is 0 Å². The third-order valence-electron chi connectivity index (χ3n) is 4.85. The van der Waals surface area contributed by atoms with Crippen LogP contribution in [0.5, 0.6) is 0 Å². The molecule has 4 aromatic rings. The predicted molar refractivity (Wildman–Crippen MR) is 115 cm³/mol. The van der Waals surface area contributed by atoms with Gasteiger partial charge in [-0.3, -0.25) is 9.36 Å². The second-order valence-electron chi connectivity index (χ2n) is 7.21. The molecule has 0 spiro atoms. The first-order valence-corrected chi connectivity index (χ1v) is 10.2. The van der Waals surface area contributed by atoms with E-state index in [1.807, 2.05) is 0 Å². The van der Waals surface area contributed by atoms with Crippen LogP contribution in [0.15, 0.2) is 59.7 Å². The highest BCUT2D eigenvalue weighted by molar-refractivity contribution is 6.30. The van der Waals surface area contributed by atoms with Crippen LogP contribution in [-0.4, -0.2) is 52.1 Å². The first-order valence-electron chi connectivity index (χ1n) is 9.81. The molecule has 0 bridgehead atoms. The first kappa shape index (κ1) is 23.9. The number of aromatic carboxylic acids is 1. The number of hydrogen-bond acceptors (Lipinski definition) is 6. The maximum atomic E-state index is 12.9. The average molecular weight is 507 g/mol. The highest BCUT2D eigenvalue weighted by Gasteiger charge is 2.39. The third kappa shape index (κ3) is 4.99. The van der Waals surface area contributed by atoms with Gasteiger partial charge in [0.15, 0.2) is 11.6 Å². The van der Waals surface area contributed by atoms with E-state index in [1.54, 1.807) is 6.07 Å². The van der Waals surface area contributed by atoms with Gasteiger partial charge in [0.25, 0.3) is 5.78 Å². The molecule has 1 N–H and O–H groups in total. The summed E-state index contributed by atoms with van der Waals surface area (Å²) in [7, 11) is 0. The minimum Gasteiger partial charge on any atom is -0.478 e. The van der Waals surface area contributed by atoms with E-state index in [4.69, 9.17) is 11.6 Å². The maximum absolute atomic E-state index is 12.9. The van der Waals surface area contributed by atoms with E-state index in [1.165, 1.54) is 53.5 Å². The van der Waals surface area contributed by atoms with Crippen LogP contribution in [0.2, 0.25) is 5.02 Å². The van der Waals surface area contributed by atoms with Crippen LogP contribution in [0.1, 0.15) is 16.2 Å². The molecular formula is C21H14ClF3N6O4.